The van der Waals surface area contributed by atoms with Gasteiger partial charge in [0.2, 0.25) is 0 Å². The fourth-order valence-corrected chi connectivity index (χ4v) is 7.73. The lowest BCUT2D eigenvalue weighted by Crippen LogP contribution is -1.96. The first-order valence-electron chi connectivity index (χ1n) is 18.1. The molecule has 0 radical (unpaired) electrons. The monoisotopic (exact) mass is 690 g/mol. The molecule has 0 amide bonds. The van der Waals surface area contributed by atoms with E-state index in [0.29, 0.717) is 5.82 Å². The predicted molar refractivity (Wildman–Crippen MR) is 221 cm³/mol. The molecule has 0 aliphatic heterocycles. The van der Waals surface area contributed by atoms with Crippen LogP contribution in [0, 0.1) is 0 Å². The Labute approximate surface area is 310 Å². The van der Waals surface area contributed by atoms with E-state index >= 15 is 0 Å². The van der Waals surface area contributed by atoms with Crippen molar-refractivity contribution in [2.75, 3.05) is 0 Å². The topological polar surface area (TPSA) is 52.1 Å². The third kappa shape index (κ3) is 5.15. The van der Waals surface area contributed by atoms with Gasteiger partial charge >= 0.3 is 0 Å². The quantitative estimate of drug-likeness (QED) is 0.180. The van der Waals surface area contributed by atoms with Crippen LogP contribution >= 0.6 is 0 Å². The molecule has 0 saturated heterocycles. The zero-order valence-electron chi connectivity index (χ0n) is 29.0. The molecule has 3 aromatic heterocycles. The van der Waals surface area contributed by atoms with Gasteiger partial charge < -0.3 is 8.83 Å². The van der Waals surface area contributed by atoms with Gasteiger partial charge in [0.1, 0.15) is 22.3 Å². The van der Waals surface area contributed by atoms with Crippen LogP contribution in [0.15, 0.2) is 191 Å². The van der Waals surface area contributed by atoms with Gasteiger partial charge in [0, 0.05) is 38.2 Å². The molecule has 11 rings (SSSR count). The van der Waals surface area contributed by atoms with Crippen molar-refractivity contribution in [3.05, 3.63) is 182 Å². The summed E-state index contributed by atoms with van der Waals surface area (Å²) < 4.78 is 12.4. The molecular weight excluding hydrogens is 661 g/mol. The van der Waals surface area contributed by atoms with E-state index in [4.69, 9.17) is 18.8 Å². The van der Waals surface area contributed by atoms with Crippen molar-refractivity contribution in [2.45, 2.75) is 0 Å². The number of fused-ring (bicyclic) bond motifs is 7. The van der Waals surface area contributed by atoms with Crippen molar-refractivity contribution < 1.29 is 8.83 Å². The molecular formula is C50H30N2O2. The molecule has 0 saturated carbocycles. The van der Waals surface area contributed by atoms with Crippen LogP contribution in [0.25, 0.3) is 111 Å². The molecule has 11 aromatic rings. The molecule has 8 aromatic carbocycles. The van der Waals surface area contributed by atoms with Crippen LogP contribution in [0.1, 0.15) is 0 Å². The maximum Gasteiger partial charge on any atom is 0.160 e. The van der Waals surface area contributed by atoms with E-state index in [1.54, 1.807) is 0 Å². The molecule has 0 bridgehead atoms. The van der Waals surface area contributed by atoms with Crippen molar-refractivity contribution >= 4 is 54.6 Å². The van der Waals surface area contributed by atoms with Gasteiger partial charge in [-0.25, -0.2) is 9.97 Å². The Kier molecular flexibility index (Phi) is 6.82. The highest BCUT2D eigenvalue weighted by Gasteiger charge is 2.16. The second kappa shape index (κ2) is 12.1. The Bertz CT molecular complexity index is 3230. The van der Waals surface area contributed by atoms with Gasteiger partial charge in [-0.05, 0) is 106 Å². The van der Waals surface area contributed by atoms with Crippen molar-refractivity contribution in [2.24, 2.45) is 0 Å². The largest absolute Gasteiger partial charge is 0.456 e. The number of rotatable bonds is 5. The molecule has 252 valence electrons. The smallest absolute Gasteiger partial charge is 0.160 e. The Balaban J connectivity index is 1.14. The first-order valence-corrected chi connectivity index (χ1v) is 18.1. The van der Waals surface area contributed by atoms with E-state index in [0.717, 1.165) is 94.2 Å². The minimum atomic E-state index is 0.655. The highest BCUT2D eigenvalue weighted by molar-refractivity contribution is 6.07. The first kappa shape index (κ1) is 30.3. The van der Waals surface area contributed by atoms with E-state index in [1.807, 2.05) is 42.5 Å². The number of aromatic nitrogens is 2. The highest BCUT2D eigenvalue weighted by atomic mass is 16.3. The lowest BCUT2D eigenvalue weighted by atomic mass is 9.93. The predicted octanol–water partition coefficient (Wildman–Crippen LogP) is 13.8. The molecule has 0 atom stereocenters. The number of nitrogens with zero attached hydrogens (tertiary/aromatic N) is 2. The van der Waals surface area contributed by atoms with Crippen molar-refractivity contribution in [3.63, 3.8) is 0 Å². The average molecular weight is 691 g/mol. The summed E-state index contributed by atoms with van der Waals surface area (Å²) in [7, 11) is 0. The number of para-hydroxylation sites is 2. The standard InChI is InChI=1S/C50H30N2O2/c1-2-11-32(12-3-1)44-30-45(52-50(51-44)36-21-23-49-43(29-36)41-15-7-9-17-47(41)54-49)39-26-37(34-19-18-31-10-4-5-13-33(31)24-34)25-38(27-39)35-20-22-48-42(28-35)40-14-6-8-16-46(40)53-48/h1-30H. The lowest BCUT2D eigenvalue weighted by Gasteiger charge is -2.14. The Morgan fingerprint density at radius 1 is 0.278 bits per heavy atom. The minimum Gasteiger partial charge on any atom is -0.456 e. The zero-order valence-corrected chi connectivity index (χ0v) is 29.0. The lowest BCUT2D eigenvalue weighted by molar-refractivity contribution is 0.668. The van der Waals surface area contributed by atoms with E-state index in [1.165, 1.54) is 10.8 Å². The van der Waals surface area contributed by atoms with Crippen LogP contribution in [0.2, 0.25) is 0 Å². The summed E-state index contributed by atoms with van der Waals surface area (Å²) in [6.45, 7) is 0. The van der Waals surface area contributed by atoms with Crippen molar-refractivity contribution in [1.29, 1.82) is 0 Å². The van der Waals surface area contributed by atoms with Crippen molar-refractivity contribution in [1.82, 2.24) is 9.97 Å². The first-order chi connectivity index (χ1) is 26.7. The van der Waals surface area contributed by atoms with Crippen LogP contribution in [0.5, 0.6) is 0 Å². The number of hydrogen-bond donors (Lipinski definition) is 0. The van der Waals surface area contributed by atoms with Gasteiger partial charge in [-0.2, -0.15) is 0 Å². The Hall–Kier alpha value is -7.30. The summed E-state index contributed by atoms with van der Waals surface area (Å²) in [4.78, 5) is 10.5. The molecule has 3 heterocycles. The second-order valence-electron chi connectivity index (χ2n) is 13.8. The second-order valence-corrected chi connectivity index (χ2v) is 13.8. The van der Waals surface area contributed by atoms with Gasteiger partial charge in [-0.1, -0.05) is 109 Å². The van der Waals surface area contributed by atoms with Crippen LogP contribution in [-0.2, 0) is 0 Å². The Morgan fingerprint density at radius 3 is 1.48 bits per heavy atom. The number of hydrogen-bond acceptors (Lipinski definition) is 4. The van der Waals surface area contributed by atoms with Crippen LogP contribution < -0.4 is 0 Å². The molecule has 4 nitrogen and oxygen atoms in total. The molecule has 0 N–H and O–H groups in total. The summed E-state index contributed by atoms with van der Waals surface area (Å²) >= 11 is 0. The molecule has 0 unspecified atom stereocenters. The van der Waals surface area contributed by atoms with E-state index < -0.39 is 0 Å². The third-order valence-corrected chi connectivity index (χ3v) is 10.5. The normalized spacial score (nSPS) is 11.7. The van der Waals surface area contributed by atoms with Gasteiger partial charge in [-0.3, -0.25) is 0 Å². The highest BCUT2D eigenvalue weighted by Crippen LogP contribution is 2.39. The third-order valence-electron chi connectivity index (χ3n) is 10.5. The molecule has 0 aliphatic rings. The summed E-state index contributed by atoms with van der Waals surface area (Å²) in [6.07, 6.45) is 0. The molecule has 4 heteroatoms. The van der Waals surface area contributed by atoms with Gasteiger partial charge in [-0.15, -0.1) is 0 Å². The molecule has 54 heavy (non-hydrogen) atoms. The maximum atomic E-state index is 6.20. The fourth-order valence-electron chi connectivity index (χ4n) is 7.73. The van der Waals surface area contributed by atoms with Gasteiger partial charge in [0.05, 0.1) is 11.4 Å². The van der Waals surface area contributed by atoms with Crippen LogP contribution in [0.3, 0.4) is 0 Å². The summed E-state index contributed by atoms with van der Waals surface area (Å²) in [5.41, 5.74) is 12.6. The average Bonchev–Trinajstić information content (AvgIpc) is 3.81. The molecule has 0 spiro atoms. The van der Waals surface area contributed by atoms with E-state index in [2.05, 4.69) is 140 Å². The SMILES string of the molecule is c1ccc(-c2cc(-c3cc(-c4ccc5ccccc5c4)cc(-c4ccc5oc6ccccc6c5c4)c3)nc(-c3ccc4oc5ccccc5c4c3)n2)cc1. The summed E-state index contributed by atoms with van der Waals surface area (Å²) in [6, 6.07) is 63.5. The van der Waals surface area contributed by atoms with Gasteiger partial charge in [0.15, 0.2) is 5.82 Å². The van der Waals surface area contributed by atoms with Crippen LogP contribution in [0.4, 0.5) is 0 Å². The minimum absolute atomic E-state index is 0.655. The van der Waals surface area contributed by atoms with E-state index in [-0.39, 0.29) is 0 Å². The van der Waals surface area contributed by atoms with Crippen molar-refractivity contribution in [3.8, 4) is 56.2 Å². The summed E-state index contributed by atoms with van der Waals surface area (Å²) in [5.74, 6) is 0.655. The zero-order chi connectivity index (χ0) is 35.6. The fraction of sp³-hybridized carbons (Fsp3) is 0. The van der Waals surface area contributed by atoms with Gasteiger partial charge in [0.25, 0.3) is 0 Å². The molecule has 0 aliphatic carbocycles. The summed E-state index contributed by atoms with van der Waals surface area (Å²) in [5, 5.41) is 6.73. The van der Waals surface area contributed by atoms with Crippen LogP contribution in [-0.4, -0.2) is 9.97 Å². The maximum absolute atomic E-state index is 6.20. The molecule has 0 fully saturated rings. The number of benzene rings is 8. The number of furan rings is 2. The Morgan fingerprint density at radius 2 is 0.778 bits per heavy atom. The van der Waals surface area contributed by atoms with E-state index in [9.17, 15) is 0 Å².